The van der Waals surface area contributed by atoms with Gasteiger partial charge in [0.15, 0.2) is 0 Å². The van der Waals surface area contributed by atoms with Gasteiger partial charge in [-0.05, 0) is 24.1 Å². The van der Waals surface area contributed by atoms with Gasteiger partial charge in [0.2, 0.25) is 0 Å². The molecule has 1 N–H and O–H groups in total. The summed E-state index contributed by atoms with van der Waals surface area (Å²) in [5.74, 6) is 0.507. The number of ether oxygens (including phenoxy) is 1. The van der Waals surface area contributed by atoms with Gasteiger partial charge in [0, 0.05) is 22.0 Å². The smallest absolute Gasteiger partial charge is 0.147 e. The van der Waals surface area contributed by atoms with Gasteiger partial charge in [-0.2, -0.15) is 0 Å². The average Bonchev–Trinajstić information content (AvgIpc) is 3.09. The SMILES string of the molecule is Fc1cc(OCc2ccccc2Cl)c(Cl)cc1SNc1cscn1. The molecule has 1 aromatic heterocycles. The van der Waals surface area contributed by atoms with Crippen LogP contribution in [0.25, 0.3) is 0 Å². The summed E-state index contributed by atoms with van der Waals surface area (Å²) < 4.78 is 22.8. The molecule has 0 radical (unpaired) electrons. The molecule has 0 saturated heterocycles. The maximum atomic E-state index is 14.2. The van der Waals surface area contributed by atoms with Crippen LogP contribution in [0.5, 0.6) is 5.75 Å². The molecule has 0 saturated carbocycles. The fourth-order valence-electron chi connectivity index (χ4n) is 1.84. The molecule has 0 fully saturated rings. The second kappa shape index (κ2) is 8.07. The van der Waals surface area contributed by atoms with Gasteiger partial charge >= 0.3 is 0 Å². The first-order valence-electron chi connectivity index (χ1n) is 6.80. The average molecular weight is 401 g/mol. The van der Waals surface area contributed by atoms with Crippen molar-refractivity contribution in [2.45, 2.75) is 11.5 Å². The Morgan fingerprint density at radius 3 is 2.79 bits per heavy atom. The molecule has 0 aliphatic carbocycles. The lowest BCUT2D eigenvalue weighted by molar-refractivity contribution is 0.304. The van der Waals surface area contributed by atoms with E-state index in [0.29, 0.717) is 20.8 Å². The van der Waals surface area contributed by atoms with E-state index in [1.165, 1.54) is 23.5 Å². The number of hydrogen-bond acceptors (Lipinski definition) is 5. The number of aromatic nitrogens is 1. The molecule has 0 aliphatic rings. The molecule has 3 rings (SSSR count). The topological polar surface area (TPSA) is 34.1 Å². The Bertz CT molecular complexity index is 831. The van der Waals surface area contributed by atoms with E-state index in [1.54, 1.807) is 11.6 Å². The highest BCUT2D eigenvalue weighted by molar-refractivity contribution is 8.00. The van der Waals surface area contributed by atoms with Crippen LogP contribution < -0.4 is 9.46 Å². The van der Waals surface area contributed by atoms with Crippen molar-refractivity contribution < 1.29 is 9.13 Å². The van der Waals surface area contributed by atoms with E-state index in [-0.39, 0.29) is 12.4 Å². The van der Waals surface area contributed by atoms with Gasteiger partial charge in [-0.15, -0.1) is 11.3 Å². The second-order valence-corrected chi connectivity index (χ2v) is 7.05. The second-order valence-electron chi connectivity index (χ2n) is 4.67. The predicted octanol–water partition coefficient (Wildman–Crippen LogP) is 6.29. The number of nitrogens with zero attached hydrogens (tertiary/aromatic N) is 1. The molecule has 2 aromatic carbocycles. The standard InChI is InChI=1S/C16H11Cl2FN2OS2/c17-11-4-2-1-3-10(11)7-22-14-6-13(19)15(5-12(14)18)24-21-16-8-23-9-20-16/h1-6,8-9,21H,7H2. The van der Waals surface area contributed by atoms with Crippen LogP contribution in [0.4, 0.5) is 10.2 Å². The quantitative estimate of drug-likeness (QED) is 0.493. The third kappa shape index (κ3) is 4.33. The Labute approximate surface area is 156 Å². The molecule has 0 atom stereocenters. The molecule has 124 valence electrons. The van der Waals surface area contributed by atoms with Gasteiger partial charge in [0.05, 0.1) is 15.4 Å². The van der Waals surface area contributed by atoms with E-state index in [2.05, 4.69) is 9.71 Å². The van der Waals surface area contributed by atoms with Crippen LogP contribution in [0, 0.1) is 5.82 Å². The van der Waals surface area contributed by atoms with Crippen molar-refractivity contribution in [3.63, 3.8) is 0 Å². The fourth-order valence-corrected chi connectivity index (χ4v) is 3.53. The maximum Gasteiger partial charge on any atom is 0.147 e. The third-order valence-electron chi connectivity index (χ3n) is 3.03. The van der Waals surface area contributed by atoms with Gasteiger partial charge in [-0.1, -0.05) is 41.4 Å². The lowest BCUT2D eigenvalue weighted by atomic mass is 10.2. The Morgan fingerprint density at radius 1 is 1.21 bits per heavy atom. The first kappa shape index (κ1) is 17.4. The van der Waals surface area contributed by atoms with Crippen LogP contribution in [0.15, 0.2) is 52.2 Å². The van der Waals surface area contributed by atoms with Crippen LogP contribution in [0.1, 0.15) is 5.56 Å². The summed E-state index contributed by atoms with van der Waals surface area (Å²) in [6, 6.07) is 10.1. The molecular formula is C16H11Cl2FN2OS2. The highest BCUT2D eigenvalue weighted by Crippen LogP contribution is 2.33. The number of halogens is 3. The van der Waals surface area contributed by atoms with Gasteiger partial charge in [-0.25, -0.2) is 9.37 Å². The number of thiazole rings is 1. The zero-order valence-corrected chi connectivity index (χ0v) is 15.3. The molecule has 0 bridgehead atoms. The molecule has 0 unspecified atom stereocenters. The van der Waals surface area contributed by atoms with Crippen molar-refractivity contribution in [2.24, 2.45) is 0 Å². The molecule has 3 nitrogen and oxygen atoms in total. The molecular weight excluding hydrogens is 390 g/mol. The van der Waals surface area contributed by atoms with Crippen molar-refractivity contribution in [2.75, 3.05) is 4.72 Å². The van der Waals surface area contributed by atoms with Gasteiger partial charge < -0.3 is 9.46 Å². The van der Waals surface area contributed by atoms with Crippen LogP contribution in [-0.4, -0.2) is 4.98 Å². The molecule has 8 heteroatoms. The summed E-state index contributed by atoms with van der Waals surface area (Å²) >= 11 is 14.8. The number of anilines is 1. The monoisotopic (exact) mass is 400 g/mol. The largest absolute Gasteiger partial charge is 0.487 e. The van der Waals surface area contributed by atoms with Crippen molar-refractivity contribution in [3.05, 3.63) is 68.7 Å². The van der Waals surface area contributed by atoms with E-state index < -0.39 is 5.82 Å². The number of benzene rings is 2. The minimum atomic E-state index is -0.429. The van der Waals surface area contributed by atoms with Crippen molar-refractivity contribution >= 4 is 52.3 Å². The zero-order valence-electron chi connectivity index (χ0n) is 12.1. The molecule has 0 amide bonds. The molecule has 24 heavy (non-hydrogen) atoms. The Hall–Kier alpha value is -1.47. The summed E-state index contributed by atoms with van der Waals surface area (Å²) in [7, 11) is 0. The summed E-state index contributed by atoms with van der Waals surface area (Å²) in [6.45, 7) is 0.211. The Balaban J connectivity index is 1.69. The molecule has 1 heterocycles. The van der Waals surface area contributed by atoms with Crippen LogP contribution in [0.3, 0.4) is 0 Å². The van der Waals surface area contributed by atoms with E-state index in [4.69, 9.17) is 27.9 Å². The lowest BCUT2D eigenvalue weighted by Gasteiger charge is -2.11. The van der Waals surface area contributed by atoms with Crippen molar-refractivity contribution in [1.82, 2.24) is 4.98 Å². The molecule has 0 spiro atoms. The van der Waals surface area contributed by atoms with E-state index in [0.717, 1.165) is 17.5 Å². The lowest BCUT2D eigenvalue weighted by Crippen LogP contribution is -1.98. The summed E-state index contributed by atoms with van der Waals surface area (Å²) in [5, 5.41) is 2.74. The minimum Gasteiger partial charge on any atom is -0.487 e. The molecule has 3 aromatic rings. The normalized spacial score (nSPS) is 10.6. The van der Waals surface area contributed by atoms with Gasteiger partial charge in [0.25, 0.3) is 0 Å². The highest BCUT2D eigenvalue weighted by atomic mass is 35.5. The zero-order chi connectivity index (χ0) is 16.9. The van der Waals surface area contributed by atoms with E-state index >= 15 is 0 Å². The minimum absolute atomic E-state index is 0.211. The van der Waals surface area contributed by atoms with E-state index in [1.807, 2.05) is 23.6 Å². The van der Waals surface area contributed by atoms with Crippen molar-refractivity contribution in [1.29, 1.82) is 0 Å². The predicted molar refractivity (Wildman–Crippen MR) is 98.8 cm³/mol. The first-order chi connectivity index (χ1) is 11.6. The van der Waals surface area contributed by atoms with Crippen LogP contribution in [0.2, 0.25) is 10.0 Å². The van der Waals surface area contributed by atoms with E-state index in [9.17, 15) is 4.39 Å². The summed E-state index contributed by atoms with van der Waals surface area (Å²) in [6.07, 6.45) is 0. The Kier molecular flexibility index (Phi) is 5.84. The Morgan fingerprint density at radius 2 is 2.04 bits per heavy atom. The third-order valence-corrected chi connectivity index (χ3v) is 5.12. The van der Waals surface area contributed by atoms with Crippen LogP contribution >= 0.6 is 46.5 Å². The number of rotatable bonds is 6. The number of hydrogen-bond donors (Lipinski definition) is 1. The molecule has 0 aliphatic heterocycles. The maximum absolute atomic E-state index is 14.2. The first-order valence-corrected chi connectivity index (χ1v) is 9.31. The fraction of sp³-hybridized carbons (Fsp3) is 0.0625. The van der Waals surface area contributed by atoms with Crippen molar-refractivity contribution in [3.8, 4) is 5.75 Å². The van der Waals surface area contributed by atoms with Gasteiger partial charge in [-0.3, -0.25) is 0 Å². The van der Waals surface area contributed by atoms with Gasteiger partial charge in [0.1, 0.15) is 24.0 Å². The number of nitrogens with one attached hydrogen (secondary N) is 1. The highest BCUT2D eigenvalue weighted by Gasteiger charge is 2.12. The summed E-state index contributed by atoms with van der Waals surface area (Å²) in [5.41, 5.74) is 2.50. The van der Waals surface area contributed by atoms with Crippen LogP contribution in [-0.2, 0) is 6.61 Å². The summed E-state index contributed by atoms with van der Waals surface area (Å²) in [4.78, 5) is 4.43.